The smallest absolute Gasteiger partial charge is 0.259 e. The van der Waals surface area contributed by atoms with E-state index in [0.717, 1.165) is 24.1 Å². The molecule has 0 bridgehead atoms. The monoisotopic (exact) mass is 304 g/mol. The van der Waals surface area contributed by atoms with E-state index in [0.29, 0.717) is 22.8 Å². The highest BCUT2D eigenvalue weighted by Crippen LogP contribution is 2.33. The molecule has 0 radical (unpaired) electrons. The van der Waals surface area contributed by atoms with Gasteiger partial charge in [-0.3, -0.25) is 9.78 Å². The standard InChI is InChI=1S/C16H14ClFN2O/c1-10-4-5-12(9-19-10)16(21)20-6-2-3-11-7-13(17)8-14(18)15(11)20/h4-5,7-9H,2-3,6H2,1H3. The van der Waals surface area contributed by atoms with Gasteiger partial charge >= 0.3 is 0 Å². The third-order valence-corrected chi connectivity index (χ3v) is 3.83. The average Bonchev–Trinajstić information content (AvgIpc) is 2.46. The van der Waals surface area contributed by atoms with Gasteiger partial charge in [0.05, 0.1) is 11.3 Å². The third kappa shape index (κ3) is 2.63. The second-order valence-electron chi connectivity index (χ2n) is 5.14. The zero-order chi connectivity index (χ0) is 15.0. The summed E-state index contributed by atoms with van der Waals surface area (Å²) in [6, 6.07) is 6.47. The number of amides is 1. The number of aryl methyl sites for hydroxylation is 2. The first kappa shape index (κ1) is 14.0. The van der Waals surface area contributed by atoms with Crippen molar-refractivity contribution in [3.8, 4) is 0 Å². The number of rotatable bonds is 1. The quantitative estimate of drug-likeness (QED) is 0.803. The molecule has 0 N–H and O–H groups in total. The predicted molar refractivity (Wildman–Crippen MR) is 80.4 cm³/mol. The Labute approximate surface area is 127 Å². The summed E-state index contributed by atoms with van der Waals surface area (Å²) in [6.45, 7) is 2.35. The lowest BCUT2D eigenvalue weighted by molar-refractivity contribution is 0.0984. The van der Waals surface area contributed by atoms with Gasteiger partial charge in [0.2, 0.25) is 0 Å². The minimum Gasteiger partial charge on any atom is -0.305 e. The first-order valence-corrected chi connectivity index (χ1v) is 7.16. The summed E-state index contributed by atoms with van der Waals surface area (Å²) < 4.78 is 14.2. The molecule has 0 saturated heterocycles. The summed E-state index contributed by atoms with van der Waals surface area (Å²) in [7, 11) is 0. The van der Waals surface area contributed by atoms with Crippen LogP contribution in [0.4, 0.5) is 10.1 Å². The van der Waals surface area contributed by atoms with Crippen molar-refractivity contribution in [2.45, 2.75) is 19.8 Å². The van der Waals surface area contributed by atoms with Gasteiger partial charge in [0.1, 0.15) is 5.82 Å². The molecule has 2 aromatic rings. The molecule has 0 saturated carbocycles. The number of pyridine rings is 1. The van der Waals surface area contributed by atoms with E-state index in [-0.39, 0.29) is 5.91 Å². The zero-order valence-corrected chi connectivity index (χ0v) is 12.3. The number of fused-ring (bicyclic) bond motifs is 1. The summed E-state index contributed by atoms with van der Waals surface area (Å²) in [5, 5.41) is 0.359. The molecule has 1 aromatic carbocycles. The van der Waals surface area contributed by atoms with E-state index in [9.17, 15) is 9.18 Å². The largest absolute Gasteiger partial charge is 0.305 e. The summed E-state index contributed by atoms with van der Waals surface area (Å²) in [4.78, 5) is 18.2. The van der Waals surface area contributed by atoms with Crippen LogP contribution in [-0.4, -0.2) is 17.4 Å². The van der Waals surface area contributed by atoms with Gasteiger partial charge in [0.15, 0.2) is 0 Å². The Kier molecular flexibility index (Phi) is 3.64. The molecule has 0 unspecified atom stereocenters. The number of halogens is 2. The molecule has 0 fully saturated rings. The van der Waals surface area contributed by atoms with Crippen molar-refractivity contribution < 1.29 is 9.18 Å². The van der Waals surface area contributed by atoms with Crippen molar-refractivity contribution >= 4 is 23.2 Å². The number of carbonyl (C=O) groups is 1. The maximum atomic E-state index is 14.2. The van der Waals surface area contributed by atoms with Crippen LogP contribution in [0, 0.1) is 12.7 Å². The fourth-order valence-electron chi connectivity index (χ4n) is 2.60. The van der Waals surface area contributed by atoms with Crippen LogP contribution in [0.5, 0.6) is 0 Å². The maximum absolute atomic E-state index is 14.2. The van der Waals surface area contributed by atoms with Crippen LogP contribution in [0.1, 0.15) is 28.0 Å². The number of hydrogen-bond acceptors (Lipinski definition) is 2. The van der Waals surface area contributed by atoms with Crippen molar-refractivity contribution in [2.24, 2.45) is 0 Å². The van der Waals surface area contributed by atoms with Crippen molar-refractivity contribution in [3.05, 3.63) is 58.1 Å². The minimum atomic E-state index is -0.453. The third-order valence-electron chi connectivity index (χ3n) is 3.61. The Balaban J connectivity index is 2.02. The van der Waals surface area contributed by atoms with Gasteiger partial charge in [-0.25, -0.2) is 4.39 Å². The van der Waals surface area contributed by atoms with Crippen LogP contribution in [0.2, 0.25) is 5.02 Å². The van der Waals surface area contributed by atoms with E-state index >= 15 is 0 Å². The summed E-state index contributed by atoms with van der Waals surface area (Å²) in [6.07, 6.45) is 3.04. The molecule has 0 atom stereocenters. The molecule has 3 rings (SSSR count). The normalized spacial score (nSPS) is 14.0. The van der Waals surface area contributed by atoms with Crippen LogP contribution in [0.3, 0.4) is 0 Å². The summed E-state index contributed by atoms with van der Waals surface area (Å²) in [5.74, 6) is -0.685. The van der Waals surface area contributed by atoms with Crippen LogP contribution in [0.15, 0.2) is 30.5 Å². The van der Waals surface area contributed by atoms with Crippen molar-refractivity contribution in [1.29, 1.82) is 0 Å². The maximum Gasteiger partial charge on any atom is 0.259 e. The predicted octanol–water partition coefficient (Wildman–Crippen LogP) is 3.78. The van der Waals surface area contributed by atoms with Gasteiger partial charge in [-0.1, -0.05) is 11.6 Å². The molecule has 108 valence electrons. The first-order valence-electron chi connectivity index (χ1n) is 6.78. The van der Waals surface area contributed by atoms with E-state index in [2.05, 4.69) is 4.98 Å². The molecule has 21 heavy (non-hydrogen) atoms. The van der Waals surface area contributed by atoms with Gasteiger partial charge in [-0.15, -0.1) is 0 Å². The van der Waals surface area contributed by atoms with E-state index in [1.165, 1.54) is 17.2 Å². The molecule has 1 aliphatic rings. The van der Waals surface area contributed by atoms with Gasteiger partial charge in [-0.2, -0.15) is 0 Å². The molecule has 3 nitrogen and oxygen atoms in total. The van der Waals surface area contributed by atoms with E-state index in [1.807, 2.05) is 6.92 Å². The number of hydrogen-bond donors (Lipinski definition) is 0. The van der Waals surface area contributed by atoms with E-state index in [1.54, 1.807) is 18.2 Å². The van der Waals surface area contributed by atoms with Crippen LogP contribution < -0.4 is 4.90 Å². The Morgan fingerprint density at radius 2 is 2.19 bits per heavy atom. The van der Waals surface area contributed by atoms with E-state index in [4.69, 9.17) is 11.6 Å². The second-order valence-corrected chi connectivity index (χ2v) is 5.58. The van der Waals surface area contributed by atoms with Crippen molar-refractivity contribution in [1.82, 2.24) is 4.98 Å². The van der Waals surface area contributed by atoms with Gasteiger partial charge in [0.25, 0.3) is 5.91 Å². The summed E-state index contributed by atoms with van der Waals surface area (Å²) in [5.41, 5.74) is 2.42. The van der Waals surface area contributed by atoms with Crippen molar-refractivity contribution in [3.63, 3.8) is 0 Å². The Hall–Kier alpha value is -1.94. The minimum absolute atomic E-state index is 0.232. The van der Waals surface area contributed by atoms with E-state index < -0.39 is 5.82 Å². The molecular formula is C16H14ClFN2O. The van der Waals surface area contributed by atoms with Crippen molar-refractivity contribution in [2.75, 3.05) is 11.4 Å². The second kappa shape index (κ2) is 5.45. The Morgan fingerprint density at radius 3 is 2.90 bits per heavy atom. The Bertz CT molecular complexity index is 700. The molecule has 5 heteroatoms. The van der Waals surface area contributed by atoms with Crippen LogP contribution in [-0.2, 0) is 6.42 Å². The topological polar surface area (TPSA) is 33.2 Å². The lowest BCUT2D eigenvalue weighted by Crippen LogP contribution is -2.36. The number of benzene rings is 1. The van der Waals surface area contributed by atoms with Gasteiger partial charge in [0, 0.05) is 23.5 Å². The number of aromatic nitrogens is 1. The first-order chi connectivity index (χ1) is 10.1. The molecular weight excluding hydrogens is 291 g/mol. The Morgan fingerprint density at radius 1 is 1.38 bits per heavy atom. The van der Waals surface area contributed by atoms with Gasteiger partial charge < -0.3 is 4.90 Å². The highest BCUT2D eigenvalue weighted by Gasteiger charge is 2.27. The highest BCUT2D eigenvalue weighted by atomic mass is 35.5. The van der Waals surface area contributed by atoms with Gasteiger partial charge in [-0.05, 0) is 49.6 Å². The van der Waals surface area contributed by atoms with Crippen LogP contribution >= 0.6 is 11.6 Å². The molecule has 1 aliphatic heterocycles. The molecule has 2 heterocycles. The number of carbonyl (C=O) groups excluding carboxylic acids is 1. The summed E-state index contributed by atoms with van der Waals surface area (Å²) >= 11 is 5.89. The molecule has 1 amide bonds. The molecule has 1 aromatic heterocycles. The lowest BCUT2D eigenvalue weighted by atomic mass is 10.0. The SMILES string of the molecule is Cc1ccc(C(=O)N2CCCc3cc(Cl)cc(F)c32)cn1. The van der Waals surface area contributed by atoms with Crippen LogP contribution in [0.25, 0.3) is 0 Å². The highest BCUT2D eigenvalue weighted by molar-refractivity contribution is 6.30. The zero-order valence-electron chi connectivity index (χ0n) is 11.6. The average molecular weight is 305 g/mol. The fourth-order valence-corrected chi connectivity index (χ4v) is 2.83. The fraction of sp³-hybridized carbons (Fsp3) is 0.250. The molecule has 0 aliphatic carbocycles. The lowest BCUT2D eigenvalue weighted by Gasteiger charge is -2.30. The molecule has 0 spiro atoms. The number of nitrogens with zero attached hydrogens (tertiary/aromatic N) is 2. The number of anilines is 1.